The number of allylic oxidation sites excluding steroid dienone is 2. The standard InChI is InChI=1S/C12H14O3S/c1-5-7(2)6-12(4)10(14)9(8(3)13)11(15)16-12/h5-6,14H,1H2,2-4H3/b7-6+/t12-/m1/s1. The van der Waals surface area contributed by atoms with E-state index in [1.54, 1.807) is 19.1 Å². The Balaban J connectivity index is 3.26. The van der Waals surface area contributed by atoms with Crippen LogP contribution in [0.4, 0.5) is 0 Å². The first kappa shape index (κ1) is 12.8. The SMILES string of the molecule is C=C/C(C)=C/[C@@]1(C)SC(=O)C(C(C)=O)=C1O. The Bertz CT molecular complexity index is 432. The summed E-state index contributed by atoms with van der Waals surface area (Å²) in [5.74, 6) is -0.556. The topological polar surface area (TPSA) is 54.4 Å². The molecule has 0 aromatic rings. The number of hydrogen-bond acceptors (Lipinski definition) is 4. The van der Waals surface area contributed by atoms with Crippen molar-refractivity contribution in [1.29, 1.82) is 0 Å². The average molecular weight is 238 g/mol. The van der Waals surface area contributed by atoms with Crippen LogP contribution in [0.3, 0.4) is 0 Å². The number of aliphatic hydroxyl groups is 1. The van der Waals surface area contributed by atoms with Crippen molar-refractivity contribution in [2.24, 2.45) is 0 Å². The number of Topliss-reactive ketones (excluding diaryl/α,β-unsaturated/α-hetero) is 1. The monoisotopic (exact) mass is 238 g/mol. The Hall–Kier alpha value is -1.29. The molecule has 0 aliphatic carbocycles. The van der Waals surface area contributed by atoms with Crippen molar-refractivity contribution in [1.82, 2.24) is 0 Å². The van der Waals surface area contributed by atoms with Gasteiger partial charge in [-0.1, -0.05) is 36.1 Å². The van der Waals surface area contributed by atoms with Crippen molar-refractivity contribution in [3.63, 3.8) is 0 Å². The Kier molecular flexibility index (Phi) is 3.43. The van der Waals surface area contributed by atoms with Gasteiger partial charge in [0.25, 0.3) is 0 Å². The molecule has 0 fully saturated rings. The maximum atomic E-state index is 11.6. The van der Waals surface area contributed by atoms with Crippen LogP contribution in [0.5, 0.6) is 0 Å². The third kappa shape index (κ3) is 2.11. The van der Waals surface area contributed by atoms with Crippen LogP contribution >= 0.6 is 11.8 Å². The Labute approximate surface area is 98.9 Å². The summed E-state index contributed by atoms with van der Waals surface area (Å²) in [4.78, 5) is 22.8. The molecule has 0 aromatic heterocycles. The largest absolute Gasteiger partial charge is 0.510 e. The lowest BCUT2D eigenvalue weighted by atomic mass is 10.0. The second-order valence-corrected chi connectivity index (χ2v) is 5.29. The van der Waals surface area contributed by atoms with E-state index >= 15 is 0 Å². The van der Waals surface area contributed by atoms with Crippen LogP contribution < -0.4 is 0 Å². The van der Waals surface area contributed by atoms with E-state index in [1.165, 1.54) is 6.92 Å². The van der Waals surface area contributed by atoms with E-state index in [0.717, 1.165) is 17.3 Å². The number of rotatable bonds is 3. The molecule has 1 heterocycles. The van der Waals surface area contributed by atoms with Gasteiger partial charge >= 0.3 is 0 Å². The molecular weight excluding hydrogens is 224 g/mol. The van der Waals surface area contributed by atoms with Gasteiger partial charge in [-0.3, -0.25) is 9.59 Å². The zero-order chi connectivity index (χ0) is 12.5. The molecule has 86 valence electrons. The molecule has 1 atom stereocenters. The van der Waals surface area contributed by atoms with Crippen LogP contribution in [-0.4, -0.2) is 20.8 Å². The van der Waals surface area contributed by atoms with Gasteiger partial charge in [-0.05, 0) is 20.8 Å². The van der Waals surface area contributed by atoms with Crippen molar-refractivity contribution >= 4 is 22.7 Å². The first-order chi connectivity index (χ1) is 7.31. The minimum absolute atomic E-state index is 0.0967. The highest BCUT2D eigenvalue weighted by Crippen LogP contribution is 2.44. The second-order valence-electron chi connectivity index (χ2n) is 3.87. The van der Waals surface area contributed by atoms with Crippen LogP contribution in [0.15, 0.2) is 35.6 Å². The van der Waals surface area contributed by atoms with E-state index in [9.17, 15) is 14.7 Å². The van der Waals surface area contributed by atoms with Gasteiger partial charge in [0.1, 0.15) is 11.3 Å². The quantitative estimate of drug-likeness (QED) is 0.606. The van der Waals surface area contributed by atoms with Crippen LogP contribution in [0.2, 0.25) is 0 Å². The lowest BCUT2D eigenvalue weighted by Gasteiger charge is -2.18. The summed E-state index contributed by atoms with van der Waals surface area (Å²) >= 11 is 0.948. The van der Waals surface area contributed by atoms with E-state index in [-0.39, 0.29) is 16.4 Å². The smallest absolute Gasteiger partial charge is 0.227 e. The first-order valence-corrected chi connectivity index (χ1v) is 5.63. The molecule has 1 N–H and O–H groups in total. The Morgan fingerprint density at radius 3 is 2.44 bits per heavy atom. The summed E-state index contributed by atoms with van der Waals surface area (Å²) in [6.45, 7) is 8.41. The van der Waals surface area contributed by atoms with Gasteiger partial charge in [0.2, 0.25) is 5.12 Å². The van der Waals surface area contributed by atoms with Crippen LogP contribution in [0.25, 0.3) is 0 Å². The zero-order valence-corrected chi connectivity index (χ0v) is 10.4. The fourth-order valence-corrected chi connectivity index (χ4v) is 2.71. The Morgan fingerprint density at radius 2 is 2.06 bits per heavy atom. The van der Waals surface area contributed by atoms with Crippen molar-refractivity contribution in [3.05, 3.63) is 35.6 Å². The molecule has 0 aromatic carbocycles. The molecule has 1 aliphatic rings. The summed E-state index contributed by atoms with van der Waals surface area (Å²) in [5, 5.41) is 9.56. The summed E-state index contributed by atoms with van der Waals surface area (Å²) in [7, 11) is 0. The molecule has 0 radical (unpaired) electrons. The average Bonchev–Trinajstić information content (AvgIpc) is 2.37. The van der Waals surface area contributed by atoms with E-state index in [4.69, 9.17) is 0 Å². The molecule has 1 aliphatic heterocycles. The van der Waals surface area contributed by atoms with Crippen molar-refractivity contribution < 1.29 is 14.7 Å². The molecule has 1 rings (SSSR count). The maximum Gasteiger partial charge on any atom is 0.227 e. The van der Waals surface area contributed by atoms with Gasteiger partial charge in [0, 0.05) is 0 Å². The molecule has 3 nitrogen and oxygen atoms in total. The zero-order valence-electron chi connectivity index (χ0n) is 9.53. The van der Waals surface area contributed by atoms with Gasteiger partial charge in [0.05, 0.1) is 4.75 Å². The third-order valence-corrected chi connectivity index (χ3v) is 3.52. The molecule has 0 spiro atoms. The highest BCUT2D eigenvalue weighted by molar-refractivity contribution is 8.16. The summed E-state index contributed by atoms with van der Waals surface area (Å²) in [6.07, 6.45) is 3.36. The van der Waals surface area contributed by atoms with Gasteiger partial charge in [0.15, 0.2) is 5.78 Å². The number of thioether (sulfide) groups is 1. The molecule has 0 unspecified atom stereocenters. The number of aliphatic hydroxyl groups excluding tert-OH is 1. The molecule has 0 bridgehead atoms. The summed E-state index contributed by atoms with van der Waals surface area (Å²) in [5.41, 5.74) is 0.750. The molecule has 0 saturated heterocycles. The van der Waals surface area contributed by atoms with E-state index in [0.29, 0.717) is 0 Å². The summed E-state index contributed by atoms with van der Waals surface area (Å²) in [6, 6.07) is 0. The number of hydrogen-bond donors (Lipinski definition) is 1. The Morgan fingerprint density at radius 1 is 1.50 bits per heavy atom. The highest BCUT2D eigenvalue weighted by Gasteiger charge is 2.43. The first-order valence-electron chi connectivity index (χ1n) is 4.81. The lowest BCUT2D eigenvalue weighted by Crippen LogP contribution is -2.18. The number of carbonyl (C=O) groups excluding carboxylic acids is 2. The highest BCUT2D eigenvalue weighted by atomic mass is 32.2. The molecular formula is C12H14O3S. The lowest BCUT2D eigenvalue weighted by molar-refractivity contribution is -0.116. The van der Waals surface area contributed by atoms with E-state index in [2.05, 4.69) is 6.58 Å². The second kappa shape index (κ2) is 4.29. The van der Waals surface area contributed by atoms with Gasteiger partial charge in [-0.25, -0.2) is 0 Å². The predicted molar refractivity (Wildman–Crippen MR) is 65.3 cm³/mol. The van der Waals surface area contributed by atoms with Crippen LogP contribution in [0.1, 0.15) is 20.8 Å². The van der Waals surface area contributed by atoms with Crippen LogP contribution in [0, 0.1) is 0 Å². The number of carbonyl (C=O) groups is 2. The van der Waals surface area contributed by atoms with E-state index in [1.807, 2.05) is 6.92 Å². The fourth-order valence-electron chi connectivity index (χ4n) is 1.54. The van der Waals surface area contributed by atoms with Crippen molar-refractivity contribution in [2.45, 2.75) is 25.5 Å². The fraction of sp³-hybridized carbons (Fsp3) is 0.333. The predicted octanol–water partition coefficient (Wildman–Crippen LogP) is 2.55. The van der Waals surface area contributed by atoms with Gasteiger partial charge in [-0.2, -0.15) is 0 Å². The molecule has 4 heteroatoms. The van der Waals surface area contributed by atoms with Crippen molar-refractivity contribution in [3.8, 4) is 0 Å². The minimum atomic E-state index is -0.851. The van der Waals surface area contributed by atoms with Gasteiger partial charge < -0.3 is 5.11 Å². The molecule has 0 amide bonds. The van der Waals surface area contributed by atoms with Crippen LogP contribution in [-0.2, 0) is 9.59 Å². The molecule has 16 heavy (non-hydrogen) atoms. The summed E-state index contributed by atoms with van der Waals surface area (Å²) < 4.78 is -0.851. The normalized spacial score (nSPS) is 26.2. The van der Waals surface area contributed by atoms with E-state index < -0.39 is 10.5 Å². The molecule has 0 saturated carbocycles. The maximum absolute atomic E-state index is 11.6. The third-order valence-electron chi connectivity index (χ3n) is 2.39. The minimum Gasteiger partial charge on any atom is -0.510 e. The van der Waals surface area contributed by atoms with Gasteiger partial charge in [-0.15, -0.1) is 0 Å². The number of ketones is 1. The van der Waals surface area contributed by atoms with Crippen molar-refractivity contribution in [2.75, 3.05) is 0 Å².